The zero-order valence-electron chi connectivity index (χ0n) is 10.9. The molecule has 1 aliphatic rings. The molecule has 0 aromatic heterocycles. The number of hydrogen-bond acceptors (Lipinski definition) is 3. The van der Waals surface area contributed by atoms with E-state index in [2.05, 4.69) is 0 Å². The fourth-order valence-corrected chi connectivity index (χ4v) is 2.48. The van der Waals surface area contributed by atoms with Crippen LogP contribution in [-0.4, -0.2) is 23.7 Å². The number of amides is 1. The topological polar surface area (TPSA) is 66.6 Å². The van der Waals surface area contributed by atoms with E-state index in [0.29, 0.717) is 13.0 Å². The molecule has 0 radical (unpaired) electrons. The van der Waals surface area contributed by atoms with Gasteiger partial charge in [-0.05, 0) is 23.1 Å². The molecule has 4 nitrogen and oxygen atoms in total. The third-order valence-corrected chi connectivity index (χ3v) is 3.54. The second kappa shape index (κ2) is 5.08. The van der Waals surface area contributed by atoms with Gasteiger partial charge < -0.3 is 15.7 Å². The lowest BCUT2D eigenvalue weighted by Crippen LogP contribution is -2.43. The van der Waals surface area contributed by atoms with Crippen LogP contribution in [0.3, 0.4) is 0 Å². The van der Waals surface area contributed by atoms with Gasteiger partial charge in [-0.1, -0.05) is 26.0 Å². The van der Waals surface area contributed by atoms with Crippen LogP contribution in [0.25, 0.3) is 0 Å². The van der Waals surface area contributed by atoms with Crippen molar-refractivity contribution < 1.29 is 9.90 Å². The molecule has 98 valence electrons. The van der Waals surface area contributed by atoms with Gasteiger partial charge in [0.1, 0.15) is 0 Å². The molecule has 0 fully saturated rings. The third-order valence-electron chi connectivity index (χ3n) is 3.54. The number of aliphatic hydroxyl groups is 1. The van der Waals surface area contributed by atoms with Gasteiger partial charge >= 0.3 is 0 Å². The highest BCUT2D eigenvalue weighted by atomic mass is 16.3. The molecule has 1 aliphatic heterocycles. The molecular weight excluding hydrogens is 228 g/mol. The summed E-state index contributed by atoms with van der Waals surface area (Å²) in [5, 5.41) is 9.49. The SMILES string of the molecule is CC(C)C(CO)N1C(=O)Cc2cc(CN)ccc21. The Balaban J connectivity index is 2.38. The van der Waals surface area contributed by atoms with Crippen LogP contribution in [0.4, 0.5) is 5.69 Å². The van der Waals surface area contributed by atoms with Crippen molar-refractivity contribution in [1.82, 2.24) is 0 Å². The van der Waals surface area contributed by atoms with Crippen molar-refractivity contribution in [3.8, 4) is 0 Å². The van der Waals surface area contributed by atoms with E-state index in [-0.39, 0.29) is 24.5 Å². The Bertz CT molecular complexity index is 457. The molecule has 0 saturated heterocycles. The lowest BCUT2D eigenvalue weighted by Gasteiger charge is -2.30. The molecule has 0 aliphatic carbocycles. The van der Waals surface area contributed by atoms with Crippen LogP contribution in [0.5, 0.6) is 0 Å². The number of fused-ring (bicyclic) bond motifs is 1. The fraction of sp³-hybridized carbons (Fsp3) is 0.500. The number of anilines is 1. The molecule has 2 rings (SSSR count). The highest BCUT2D eigenvalue weighted by Crippen LogP contribution is 2.33. The predicted molar refractivity (Wildman–Crippen MR) is 71.2 cm³/mol. The van der Waals surface area contributed by atoms with Gasteiger partial charge in [-0.3, -0.25) is 4.79 Å². The van der Waals surface area contributed by atoms with Crippen LogP contribution in [-0.2, 0) is 17.8 Å². The van der Waals surface area contributed by atoms with Crippen molar-refractivity contribution in [2.45, 2.75) is 32.9 Å². The molecule has 1 heterocycles. The number of nitrogens with two attached hydrogens (primary N) is 1. The van der Waals surface area contributed by atoms with Crippen LogP contribution >= 0.6 is 0 Å². The van der Waals surface area contributed by atoms with Crippen LogP contribution in [0.2, 0.25) is 0 Å². The standard InChI is InChI=1S/C14H20N2O2/c1-9(2)13(8-17)16-12-4-3-10(7-15)5-11(12)6-14(16)18/h3-5,9,13,17H,6-8,15H2,1-2H3. The number of carbonyl (C=O) groups is 1. The summed E-state index contributed by atoms with van der Waals surface area (Å²) >= 11 is 0. The maximum Gasteiger partial charge on any atom is 0.231 e. The smallest absolute Gasteiger partial charge is 0.231 e. The van der Waals surface area contributed by atoms with E-state index < -0.39 is 0 Å². The number of rotatable bonds is 4. The molecule has 1 aromatic carbocycles. The van der Waals surface area contributed by atoms with Gasteiger partial charge in [0, 0.05) is 12.2 Å². The zero-order chi connectivity index (χ0) is 13.3. The van der Waals surface area contributed by atoms with Gasteiger partial charge in [0.05, 0.1) is 19.1 Å². The molecule has 4 heteroatoms. The Morgan fingerprint density at radius 2 is 2.17 bits per heavy atom. The van der Waals surface area contributed by atoms with E-state index in [4.69, 9.17) is 5.73 Å². The quantitative estimate of drug-likeness (QED) is 0.837. The molecule has 0 spiro atoms. The van der Waals surface area contributed by atoms with Gasteiger partial charge in [0.2, 0.25) is 5.91 Å². The molecule has 1 amide bonds. The maximum atomic E-state index is 12.1. The summed E-state index contributed by atoms with van der Waals surface area (Å²) in [7, 11) is 0. The number of benzene rings is 1. The maximum absolute atomic E-state index is 12.1. The van der Waals surface area contributed by atoms with E-state index in [9.17, 15) is 9.90 Å². The van der Waals surface area contributed by atoms with Crippen molar-refractivity contribution in [2.75, 3.05) is 11.5 Å². The summed E-state index contributed by atoms with van der Waals surface area (Å²) in [4.78, 5) is 13.9. The zero-order valence-corrected chi connectivity index (χ0v) is 10.9. The number of aliphatic hydroxyl groups excluding tert-OH is 1. The monoisotopic (exact) mass is 248 g/mol. The summed E-state index contributed by atoms with van der Waals surface area (Å²) < 4.78 is 0. The molecule has 1 atom stereocenters. The van der Waals surface area contributed by atoms with Crippen molar-refractivity contribution in [1.29, 1.82) is 0 Å². The third kappa shape index (κ3) is 2.13. The summed E-state index contributed by atoms with van der Waals surface area (Å²) in [5.74, 6) is 0.283. The second-order valence-electron chi connectivity index (χ2n) is 5.10. The minimum Gasteiger partial charge on any atom is -0.394 e. The van der Waals surface area contributed by atoms with Crippen LogP contribution in [0.1, 0.15) is 25.0 Å². The predicted octanol–water partition coefficient (Wildman–Crippen LogP) is 1.05. The normalized spacial score (nSPS) is 16.3. The molecule has 18 heavy (non-hydrogen) atoms. The highest BCUT2D eigenvalue weighted by molar-refractivity contribution is 6.02. The van der Waals surface area contributed by atoms with Crippen molar-refractivity contribution in [3.05, 3.63) is 29.3 Å². The van der Waals surface area contributed by atoms with E-state index in [1.165, 1.54) is 0 Å². The van der Waals surface area contributed by atoms with E-state index in [0.717, 1.165) is 16.8 Å². The first-order valence-electron chi connectivity index (χ1n) is 6.33. The number of nitrogens with zero attached hydrogens (tertiary/aromatic N) is 1. The Labute approximate surface area is 107 Å². The van der Waals surface area contributed by atoms with E-state index in [1.54, 1.807) is 4.90 Å². The lowest BCUT2D eigenvalue weighted by atomic mass is 10.0. The number of hydrogen-bond donors (Lipinski definition) is 2. The summed E-state index contributed by atoms with van der Waals surface area (Å²) in [6, 6.07) is 5.72. The first kappa shape index (κ1) is 13.1. The molecule has 1 unspecified atom stereocenters. The minimum absolute atomic E-state index is 0.0124. The molecule has 1 aromatic rings. The van der Waals surface area contributed by atoms with E-state index in [1.807, 2.05) is 32.0 Å². The van der Waals surface area contributed by atoms with Gasteiger partial charge in [-0.15, -0.1) is 0 Å². The van der Waals surface area contributed by atoms with Crippen molar-refractivity contribution in [2.24, 2.45) is 11.7 Å². The second-order valence-corrected chi connectivity index (χ2v) is 5.10. The first-order valence-corrected chi connectivity index (χ1v) is 6.33. The Kier molecular flexibility index (Phi) is 3.68. The average molecular weight is 248 g/mol. The van der Waals surface area contributed by atoms with Crippen molar-refractivity contribution >= 4 is 11.6 Å². The largest absolute Gasteiger partial charge is 0.394 e. The number of carbonyl (C=O) groups excluding carboxylic acids is 1. The van der Waals surface area contributed by atoms with Gasteiger partial charge in [0.15, 0.2) is 0 Å². The molecule has 0 bridgehead atoms. The van der Waals surface area contributed by atoms with Crippen molar-refractivity contribution in [3.63, 3.8) is 0 Å². The Morgan fingerprint density at radius 1 is 1.44 bits per heavy atom. The first-order chi connectivity index (χ1) is 8.58. The highest BCUT2D eigenvalue weighted by Gasteiger charge is 2.34. The summed E-state index contributed by atoms with van der Waals surface area (Å²) in [6.07, 6.45) is 0.409. The fourth-order valence-electron chi connectivity index (χ4n) is 2.48. The van der Waals surface area contributed by atoms with Crippen LogP contribution < -0.4 is 10.6 Å². The van der Waals surface area contributed by atoms with Crippen LogP contribution in [0, 0.1) is 5.92 Å². The van der Waals surface area contributed by atoms with Gasteiger partial charge in [-0.2, -0.15) is 0 Å². The molecule has 0 saturated carbocycles. The van der Waals surface area contributed by atoms with Gasteiger partial charge in [-0.25, -0.2) is 0 Å². The minimum atomic E-state index is -0.150. The van der Waals surface area contributed by atoms with E-state index >= 15 is 0 Å². The summed E-state index contributed by atoms with van der Waals surface area (Å²) in [6.45, 7) is 4.50. The molecule has 3 N–H and O–H groups in total. The summed E-state index contributed by atoms with van der Waals surface area (Å²) in [5.41, 5.74) is 8.58. The molecular formula is C14H20N2O2. The van der Waals surface area contributed by atoms with Crippen LogP contribution in [0.15, 0.2) is 18.2 Å². The average Bonchev–Trinajstić information content (AvgIpc) is 2.66. The lowest BCUT2D eigenvalue weighted by molar-refractivity contribution is -0.118. The van der Waals surface area contributed by atoms with Gasteiger partial charge in [0.25, 0.3) is 0 Å². The Hall–Kier alpha value is -1.39. The Morgan fingerprint density at radius 3 is 2.72 bits per heavy atom.